The molecule has 1 saturated heterocycles. The minimum absolute atomic E-state index is 0.0135. The van der Waals surface area contributed by atoms with Crippen LogP contribution in [0.1, 0.15) is 23.6 Å². The molecule has 2 aromatic heterocycles. The van der Waals surface area contributed by atoms with E-state index in [4.69, 9.17) is 0 Å². The van der Waals surface area contributed by atoms with Gasteiger partial charge in [0.1, 0.15) is 11.6 Å². The van der Waals surface area contributed by atoms with Gasteiger partial charge in [-0.15, -0.1) is 0 Å². The van der Waals surface area contributed by atoms with Crippen molar-refractivity contribution in [3.05, 3.63) is 90.0 Å². The summed E-state index contributed by atoms with van der Waals surface area (Å²) in [6, 6.07) is 7.80. The first-order chi connectivity index (χ1) is 14.6. The normalized spacial score (nSPS) is 18.2. The maximum Gasteiger partial charge on any atom is 0.295 e. The third-order valence-electron chi connectivity index (χ3n) is 5.05. The molecule has 1 aromatic carbocycles. The fraction of sp³-hybridized carbons (Fsp3) is 0.182. The van der Waals surface area contributed by atoms with Gasteiger partial charge in [0.15, 0.2) is 0 Å². The van der Waals surface area contributed by atoms with Crippen LogP contribution in [-0.4, -0.2) is 42.8 Å². The van der Waals surface area contributed by atoms with Gasteiger partial charge in [-0.1, -0.05) is 0 Å². The number of aliphatic hydroxyl groups excluding tert-OH is 1. The molecule has 4 rings (SSSR count). The number of halogens is 1. The molecular weight excluding hydrogens is 387 g/mol. The second-order valence-corrected chi connectivity index (χ2v) is 6.93. The number of carbonyl (C=O) groups is 2. The average molecular weight is 406 g/mol. The first-order valence-electron chi connectivity index (χ1n) is 9.46. The summed E-state index contributed by atoms with van der Waals surface area (Å²) in [4.78, 5) is 35.1. The van der Waals surface area contributed by atoms with Crippen molar-refractivity contribution in [2.24, 2.45) is 0 Å². The zero-order valence-corrected chi connectivity index (χ0v) is 16.0. The monoisotopic (exact) mass is 406 g/mol. The van der Waals surface area contributed by atoms with Crippen molar-refractivity contribution < 1.29 is 19.1 Å². The number of hydrogen-bond donors (Lipinski definition) is 1. The van der Waals surface area contributed by atoms with Crippen molar-refractivity contribution in [3.63, 3.8) is 0 Å². The molecule has 7 nitrogen and oxygen atoms in total. The highest BCUT2D eigenvalue weighted by molar-refractivity contribution is 6.46. The molecule has 3 heterocycles. The van der Waals surface area contributed by atoms with Crippen LogP contribution < -0.4 is 0 Å². The van der Waals surface area contributed by atoms with E-state index in [1.165, 1.54) is 29.2 Å². The number of amides is 1. The molecule has 1 fully saturated rings. The van der Waals surface area contributed by atoms with E-state index in [1.807, 2.05) is 10.8 Å². The van der Waals surface area contributed by atoms with Crippen molar-refractivity contribution in [2.45, 2.75) is 19.0 Å². The van der Waals surface area contributed by atoms with Crippen molar-refractivity contribution >= 4 is 17.4 Å². The molecule has 0 radical (unpaired) electrons. The van der Waals surface area contributed by atoms with Crippen LogP contribution in [0.25, 0.3) is 5.76 Å². The third kappa shape index (κ3) is 3.71. The van der Waals surface area contributed by atoms with E-state index in [2.05, 4.69) is 9.97 Å². The molecule has 0 bridgehead atoms. The number of hydrogen-bond acceptors (Lipinski definition) is 5. The molecule has 0 spiro atoms. The summed E-state index contributed by atoms with van der Waals surface area (Å²) in [5.74, 6) is -2.23. The van der Waals surface area contributed by atoms with Gasteiger partial charge in [0.05, 0.1) is 17.9 Å². The second-order valence-electron chi connectivity index (χ2n) is 6.93. The van der Waals surface area contributed by atoms with Crippen LogP contribution in [0.2, 0.25) is 0 Å². The van der Waals surface area contributed by atoms with E-state index in [0.29, 0.717) is 25.1 Å². The number of benzene rings is 1. The maximum atomic E-state index is 13.3. The topological polar surface area (TPSA) is 88.3 Å². The van der Waals surface area contributed by atoms with Crippen molar-refractivity contribution in [2.75, 3.05) is 6.54 Å². The smallest absolute Gasteiger partial charge is 0.295 e. The van der Waals surface area contributed by atoms with Crippen molar-refractivity contribution in [1.29, 1.82) is 0 Å². The summed E-state index contributed by atoms with van der Waals surface area (Å²) in [6.07, 6.45) is 8.91. The summed E-state index contributed by atoms with van der Waals surface area (Å²) in [5.41, 5.74) is 0.919. The second kappa shape index (κ2) is 8.28. The van der Waals surface area contributed by atoms with Gasteiger partial charge in [-0.2, -0.15) is 0 Å². The number of ketones is 1. The molecule has 1 aliphatic rings. The van der Waals surface area contributed by atoms with E-state index >= 15 is 0 Å². The number of nitrogens with zero attached hydrogens (tertiary/aromatic N) is 4. The van der Waals surface area contributed by atoms with Gasteiger partial charge in [0, 0.05) is 43.4 Å². The lowest BCUT2D eigenvalue weighted by Gasteiger charge is -2.25. The summed E-state index contributed by atoms with van der Waals surface area (Å²) in [7, 11) is 0. The van der Waals surface area contributed by atoms with Gasteiger partial charge in [0.2, 0.25) is 0 Å². The molecule has 0 aliphatic carbocycles. The number of likely N-dealkylation sites (tertiary alicyclic amines) is 1. The molecule has 1 amide bonds. The lowest BCUT2D eigenvalue weighted by atomic mass is 9.96. The molecular formula is C22H19FN4O3. The molecule has 30 heavy (non-hydrogen) atoms. The van der Waals surface area contributed by atoms with Gasteiger partial charge >= 0.3 is 0 Å². The molecule has 1 N–H and O–H groups in total. The van der Waals surface area contributed by atoms with Gasteiger partial charge in [-0.3, -0.25) is 14.6 Å². The Labute approximate surface area is 172 Å². The Balaban J connectivity index is 1.71. The zero-order chi connectivity index (χ0) is 21.1. The Bertz CT molecular complexity index is 1080. The van der Waals surface area contributed by atoms with Crippen LogP contribution in [0.5, 0.6) is 0 Å². The van der Waals surface area contributed by atoms with E-state index in [0.717, 1.165) is 0 Å². The highest BCUT2D eigenvalue weighted by atomic mass is 19.1. The van der Waals surface area contributed by atoms with Crippen molar-refractivity contribution in [1.82, 2.24) is 19.4 Å². The summed E-state index contributed by atoms with van der Waals surface area (Å²) >= 11 is 0. The minimum Gasteiger partial charge on any atom is -0.507 e. The maximum absolute atomic E-state index is 13.3. The molecule has 1 atom stereocenters. The van der Waals surface area contributed by atoms with Crippen molar-refractivity contribution in [3.8, 4) is 0 Å². The molecule has 8 heteroatoms. The highest BCUT2D eigenvalue weighted by Gasteiger charge is 2.45. The first kappa shape index (κ1) is 19.5. The summed E-state index contributed by atoms with van der Waals surface area (Å²) < 4.78 is 15.2. The zero-order valence-electron chi connectivity index (χ0n) is 16.0. The number of rotatable bonds is 6. The quantitative estimate of drug-likeness (QED) is 0.386. The van der Waals surface area contributed by atoms with Gasteiger partial charge in [-0.25, -0.2) is 9.37 Å². The number of pyridine rings is 1. The number of imidazole rings is 1. The van der Waals surface area contributed by atoms with E-state index in [1.54, 1.807) is 37.1 Å². The summed E-state index contributed by atoms with van der Waals surface area (Å²) in [6.45, 7) is 0.944. The molecule has 1 unspecified atom stereocenters. The lowest BCUT2D eigenvalue weighted by Crippen LogP contribution is -2.31. The largest absolute Gasteiger partial charge is 0.507 e. The molecule has 0 saturated carbocycles. The standard InChI is InChI=1S/C22H19FN4O3/c23-17-4-2-16(3-5-17)20(28)18-19(15-6-8-24-9-7-15)27(22(30)21(18)29)12-1-11-26-13-10-25-14-26/h2-10,13-14,19,28H,1,11-12H2. The average Bonchev–Trinajstić information content (AvgIpc) is 3.37. The molecule has 1 aliphatic heterocycles. The van der Waals surface area contributed by atoms with Gasteiger partial charge < -0.3 is 14.6 Å². The number of aromatic nitrogens is 3. The SMILES string of the molecule is O=C1C(=O)N(CCCn2ccnc2)C(c2ccncc2)C1=C(O)c1ccc(F)cc1. The van der Waals surface area contributed by atoms with Crippen LogP contribution >= 0.6 is 0 Å². The third-order valence-corrected chi connectivity index (χ3v) is 5.05. The Morgan fingerprint density at radius 3 is 2.40 bits per heavy atom. The lowest BCUT2D eigenvalue weighted by molar-refractivity contribution is -0.139. The predicted octanol–water partition coefficient (Wildman–Crippen LogP) is 2.93. The highest BCUT2D eigenvalue weighted by Crippen LogP contribution is 2.39. The van der Waals surface area contributed by atoms with E-state index < -0.39 is 23.5 Å². The van der Waals surface area contributed by atoms with Crippen LogP contribution in [0.15, 0.2) is 73.1 Å². The Morgan fingerprint density at radius 2 is 1.73 bits per heavy atom. The minimum atomic E-state index is -0.763. The van der Waals surface area contributed by atoms with E-state index in [9.17, 15) is 19.1 Å². The van der Waals surface area contributed by atoms with Crippen LogP contribution in [0.3, 0.4) is 0 Å². The fourth-order valence-corrected chi connectivity index (χ4v) is 3.61. The summed E-state index contributed by atoms with van der Waals surface area (Å²) in [5, 5.41) is 10.9. The number of aryl methyl sites for hydroxylation is 1. The van der Waals surface area contributed by atoms with Crippen LogP contribution in [0, 0.1) is 5.82 Å². The van der Waals surface area contributed by atoms with E-state index in [-0.39, 0.29) is 16.9 Å². The number of aliphatic hydroxyl groups is 1. The Hall–Kier alpha value is -3.81. The number of carbonyl (C=O) groups excluding carboxylic acids is 2. The van der Waals surface area contributed by atoms with Gasteiger partial charge in [0.25, 0.3) is 11.7 Å². The predicted molar refractivity (Wildman–Crippen MR) is 106 cm³/mol. The molecule has 3 aromatic rings. The Morgan fingerprint density at radius 1 is 1.00 bits per heavy atom. The van der Waals surface area contributed by atoms with Crippen LogP contribution in [-0.2, 0) is 16.1 Å². The van der Waals surface area contributed by atoms with Gasteiger partial charge in [-0.05, 0) is 48.4 Å². The van der Waals surface area contributed by atoms with Crippen LogP contribution in [0.4, 0.5) is 4.39 Å². The fourth-order valence-electron chi connectivity index (χ4n) is 3.61. The Kier molecular flexibility index (Phi) is 5.38. The first-order valence-corrected chi connectivity index (χ1v) is 9.46. The number of Topliss-reactive ketones (excluding diaryl/α,β-unsaturated/α-hetero) is 1. The molecule has 152 valence electrons.